The molecule has 0 fully saturated rings. The Kier molecular flexibility index (Phi) is 6.68. The summed E-state index contributed by atoms with van der Waals surface area (Å²) in [6.07, 6.45) is 1.27. The lowest BCUT2D eigenvalue weighted by Crippen LogP contribution is -2.36. The van der Waals surface area contributed by atoms with E-state index < -0.39 is 6.10 Å². The van der Waals surface area contributed by atoms with Crippen LogP contribution < -0.4 is 10.1 Å². The summed E-state index contributed by atoms with van der Waals surface area (Å²) in [5.41, 5.74) is 3.58. The third-order valence-corrected chi connectivity index (χ3v) is 4.27. The fourth-order valence-corrected chi connectivity index (χ4v) is 2.47. The molecule has 0 saturated heterocycles. The Labute approximate surface area is 149 Å². The predicted molar refractivity (Wildman–Crippen MR) is 98.8 cm³/mol. The first-order valence-electron chi connectivity index (χ1n) is 8.22. The largest absolute Gasteiger partial charge is 0.481 e. The van der Waals surface area contributed by atoms with Gasteiger partial charge in [0.2, 0.25) is 0 Å². The van der Waals surface area contributed by atoms with Crippen molar-refractivity contribution < 1.29 is 9.53 Å². The molecule has 2 aromatic rings. The summed E-state index contributed by atoms with van der Waals surface area (Å²) in [7, 11) is 0. The molecule has 0 aliphatic heterocycles. The molecule has 1 atom stereocenters. The van der Waals surface area contributed by atoms with E-state index in [9.17, 15) is 4.79 Å². The molecule has 0 aliphatic carbocycles. The summed E-state index contributed by atoms with van der Waals surface area (Å²) in [6, 6.07) is 13.6. The second kappa shape index (κ2) is 8.74. The average Bonchev–Trinajstić information content (AvgIpc) is 2.56. The summed E-state index contributed by atoms with van der Waals surface area (Å²) < 4.78 is 5.71. The number of carbonyl (C=O) groups excluding carboxylic acids is 1. The van der Waals surface area contributed by atoms with Crippen molar-refractivity contribution in [2.75, 3.05) is 6.54 Å². The first-order chi connectivity index (χ1) is 11.5. The van der Waals surface area contributed by atoms with Gasteiger partial charge in [-0.1, -0.05) is 29.8 Å². The Morgan fingerprint density at radius 1 is 1.12 bits per heavy atom. The van der Waals surface area contributed by atoms with Crippen LogP contribution in [0.2, 0.25) is 5.02 Å². The first kappa shape index (κ1) is 18.3. The van der Waals surface area contributed by atoms with Crippen molar-refractivity contribution in [2.45, 2.75) is 39.7 Å². The van der Waals surface area contributed by atoms with Gasteiger partial charge in [0.1, 0.15) is 5.75 Å². The van der Waals surface area contributed by atoms with E-state index in [1.807, 2.05) is 49.4 Å². The topological polar surface area (TPSA) is 38.3 Å². The normalized spacial score (nSPS) is 11.8. The zero-order chi connectivity index (χ0) is 17.5. The van der Waals surface area contributed by atoms with E-state index in [-0.39, 0.29) is 5.91 Å². The number of hydrogen-bond donors (Lipinski definition) is 1. The quantitative estimate of drug-likeness (QED) is 0.752. The number of rotatable bonds is 7. The Hall–Kier alpha value is -2.00. The summed E-state index contributed by atoms with van der Waals surface area (Å²) in [4.78, 5) is 12.1. The maximum Gasteiger partial charge on any atom is 0.260 e. The highest BCUT2D eigenvalue weighted by Crippen LogP contribution is 2.17. The summed E-state index contributed by atoms with van der Waals surface area (Å²) in [6.45, 7) is 6.48. The maximum absolute atomic E-state index is 12.1. The van der Waals surface area contributed by atoms with E-state index in [2.05, 4.69) is 12.2 Å². The zero-order valence-electron chi connectivity index (χ0n) is 14.4. The highest BCUT2D eigenvalue weighted by Gasteiger charge is 2.14. The molecule has 128 valence electrons. The van der Waals surface area contributed by atoms with Crippen LogP contribution in [0.15, 0.2) is 42.5 Å². The van der Waals surface area contributed by atoms with Crippen LogP contribution in [0.4, 0.5) is 0 Å². The summed E-state index contributed by atoms with van der Waals surface area (Å²) in [5, 5.41) is 3.66. The van der Waals surface area contributed by atoms with E-state index >= 15 is 0 Å². The number of ether oxygens (including phenoxy) is 1. The van der Waals surface area contributed by atoms with Crippen molar-refractivity contribution in [1.82, 2.24) is 5.32 Å². The number of halogens is 1. The van der Waals surface area contributed by atoms with E-state index in [0.29, 0.717) is 6.54 Å². The molecular weight excluding hydrogens is 322 g/mol. The van der Waals surface area contributed by atoms with Crippen LogP contribution in [0.1, 0.15) is 30.0 Å². The molecule has 0 spiro atoms. The maximum atomic E-state index is 12.1. The molecule has 24 heavy (non-hydrogen) atoms. The van der Waals surface area contributed by atoms with Crippen molar-refractivity contribution >= 4 is 17.5 Å². The molecule has 1 N–H and O–H groups in total. The van der Waals surface area contributed by atoms with Gasteiger partial charge in [-0.3, -0.25) is 4.79 Å². The van der Waals surface area contributed by atoms with Gasteiger partial charge in [-0.15, -0.1) is 0 Å². The van der Waals surface area contributed by atoms with Crippen molar-refractivity contribution in [3.8, 4) is 5.75 Å². The molecule has 3 nitrogen and oxygen atoms in total. The van der Waals surface area contributed by atoms with Gasteiger partial charge >= 0.3 is 0 Å². The zero-order valence-corrected chi connectivity index (χ0v) is 15.2. The van der Waals surface area contributed by atoms with Crippen molar-refractivity contribution in [3.05, 3.63) is 64.2 Å². The van der Waals surface area contributed by atoms with E-state index in [1.165, 1.54) is 11.1 Å². The van der Waals surface area contributed by atoms with Gasteiger partial charge in [-0.2, -0.15) is 0 Å². The minimum atomic E-state index is -0.511. The van der Waals surface area contributed by atoms with Crippen molar-refractivity contribution in [2.24, 2.45) is 0 Å². The number of hydrogen-bond acceptors (Lipinski definition) is 2. The molecule has 0 radical (unpaired) electrons. The lowest BCUT2D eigenvalue weighted by molar-refractivity contribution is -0.127. The van der Waals surface area contributed by atoms with Gasteiger partial charge in [-0.05, 0) is 74.6 Å². The molecule has 4 heteroatoms. The molecule has 1 amide bonds. The number of benzene rings is 2. The smallest absolute Gasteiger partial charge is 0.260 e. The van der Waals surface area contributed by atoms with Gasteiger partial charge in [0.05, 0.1) is 0 Å². The van der Waals surface area contributed by atoms with Gasteiger partial charge in [0.15, 0.2) is 6.10 Å². The lowest BCUT2D eigenvalue weighted by Gasteiger charge is -2.15. The minimum absolute atomic E-state index is 0.0932. The molecule has 0 aromatic heterocycles. The number of nitrogens with one attached hydrogen (secondary N) is 1. The fraction of sp³-hybridized carbons (Fsp3) is 0.350. The second-order valence-electron chi connectivity index (χ2n) is 6.03. The summed E-state index contributed by atoms with van der Waals surface area (Å²) >= 11 is 5.86. The molecule has 0 heterocycles. The number of carbonyl (C=O) groups is 1. The van der Waals surface area contributed by atoms with Crippen LogP contribution in [-0.2, 0) is 11.2 Å². The Balaban J connectivity index is 1.73. The predicted octanol–water partition coefficient (Wildman–Crippen LogP) is 4.47. The van der Waals surface area contributed by atoms with Gasteiger partial charge in [-0.25, -0.2) is 0 Å². The van der Waals surface area contributed by atoms with Gasteiger partial charge in [0, 0.05) is 11.6 Å². The van der Waals surface area contributed by atoms with Gasteiger partial charge < -0.3 is 10.1 Å². The second-order valence-corrected chi connectivity index (χ2v) is 6.46. The Morgan fingerprint density at radius 3 is 2.50 bits per heavy atom. The lowest BCUT2D eigenvalue weighted by atomic mass is 10.1. The van der Waals surface area contributed by atoms with Crippen LogP contribution in [0.25, 0.3) is 0 Å². The van der Waals surface area contributed by atoms with E-state index in [1.54, 1.807) is 6.92 Å². The number of amides is 1. The van der Waals surface area contributed by atoms with Crippen LogP contribution in [0.5, 0.6) is 5.75 Å². The van der Waals surface area contributed by atoms with Gasteiger partial charge in [0.25, 0.3) is 5.91 Å². The monoisotopic (exact) mass is 345 g/mol. The molecule has 0 bridgehead atoms. The molecular formula is C20H24ClNO2. The Morgan fingerprint density at radius 2 is 1.83 bits per heavy atom. The highest BCUT2D eigenvalue weighted by molar-refractivity contribution is 6.30. The molecule has 0 saturated carbocycles. The van der Waals surface area contributed by atoms with Crippen LogP contribution >= 0.6 is 11.6 Å². The fourth-order valence-electron chi connectivity index (χ4n) is 2.34. The third kappa shape index (κ3) is 5.57. The van der Waals surface area contributed by atoms with E-state index in [4.69, 9.17) is 16.3 Å². The van der Waals surface area contributed by atoms with Crippen LogP contribution in [-0.4, -0.2) is 18.6 Å². The SMILES string of the molecule is Cc1ccc(O[C@@H](C)C(=O)NCCCc2ccc(Cl)cc2)cc1C. The van der Waals surface area contributed by atoms with Crippen LogP contribution in [0, 0.1) is 13.8 Å². The number of aryl methyl sites for hydroxylation is 3. The van der Waals surface area contributed by atoms with Crippen molar-refractivity contribution in [3.63, 3.8) is 0 Å². The van der Waals surface area contributed by atoms with E-state index in [0.717, 1.165) is 29.2 Å². The standard InChI is InChI=1S/C20H24ClNO2/c1-14-6-11-19(13-15(14)2)24-16(3)20(23)22-12-4-5-17-7-9-18(21)10-8-17/h6-11,13,16H,4-5,12H2,1-3H3,(H,22,23)/t16-/m0/s1. The summed E-state index contributed by atoms with van der Waals surface area (Å²) in [5.74, 6) is 0.631. The molecule has 0 aliphatic rings. The third-order valence-electron chi connectivity index (χ3n) is 4.02. The molecule has 2 rings (SSSR count). The highest BCUT2D eigenvalue weighted by atomic mass is 35.5. The van der Waals surface area contributed by atoms with Crippen LogP contribution in [0.3, 0.4) is 0 Å². The molecule has 2 aromatic carbocycles. The average molecular weight is 346 g/mol. The Bertz CT molecular complexity index is 683. The molecule has 0 unspecified atom stereocenters. The first-order valence-corrected chi connectivity index (χ1v) is 8.59. The van der Waals surface area contributed by atoms with Crippen molar-refractivity contribution in [1.29, 1.82) is 0 Å². The minimum Gasteiger partial charge on any atom is -0.481 e.